The van der Waals surface area contributed by atoms with E-state index in [0.717, 1.165) is 13.1 Å². The third-order valence-electron chi connectivity index (χ3n) is 5.02. The van der Waals surface area contributed by atoms with Gasteiger partial charge in [-0.3, -0.25) is 4.90 Å². The fourth-order valence-electron chi connectivity index (χ4n) is 3.61. The molecule has 0 amide bonds. The predicted molar refractivity (Wildman–Crippen MR) is 90.3 cm³/mol. The van der Waals surface area contributed by atoms with E-state index >= 15 is 0 Å². The molecular formula is C16H25BrN2S. The van der Waals surface area contributed by atoms with Crippen LogP contribution in [0.4, 0.5) is 0 Å². The first-order chi connectivity index (χ1) is 9.49. The Morgan fingerprint density at radius 2 is 2.05 bits per heavy atom. The van der Waals surface area contributed by atoms with Gasteiger partial charge in [0, 0.05) is 45.4 Å². The van der Waals surface area contributed by atoms with Crippen LogP contribution in [0.3, 0.4) is 0 Å². The van der Waals surface area contributed by atoms with Crippen LogP contribution in [0, 0.1) is 0 Å². The summed E-state index contributed by atoms with van der Waals surface area (Å²) in [5, 5.41) is 6.09. The molecule has 0 unspecified atom stereocenters. The lowest BCUT2D eigenvalue weighted by Crippen LogP contribution is -2.68. The van der Waals surface area contributed by atoms with E-state index in [1.54, 1.807) is 0 Å². The van der Waals surface area contributed by atoms with E-state index in [1.165, 1.54) is 48.0 Å². The number of nitrogens with zero attached hydrogens (tertiary/aromatic N) is 1. The smallest absolute Gasteiger partial charge is 0.0334 e. The number of halogens is 1. The van der Waals surface area contributed by atoms with Crippen LogP contribution in [0.25, 0.3) is 0 Å². The predicted octanol–water partition coefficient (Wildman–Crippen LogP) is 4.40. The Kier molecular flexibility index (Phi) is 4.29. The van der Waals surface area contributed by atoms with Gasteiger partial charge in [-0.15, -0.1) is 11.3 Å². The van der Waals surface area contributed by atoms with Crippen molar-refractivity contribution in [3.05, 3.63) is 20.8 Å². The number of hydrogen-bond donors (Lipinski definition) is 1. The van der Waals surface area contributed by atoms with Crippen LogP contribution in [0.2, 0.25) is 0 Å². The summed E-state index contributed by atoms with van der Waals surface area (Å²) in [5.74, 6) is 0. The molecule has 2 aliphatic rings. The van der Waals surface area contributed by atoms with Gasteiger partial charge in [0.25, 0.3) is 0 Å². The molecule has 1 saturated heterocycles. The van der Waals surface area contributed by atoms with Gasteiger partial charge in [0.15, 0.2) is 0 Å². The molecule has 1 aromatic rings. The Morgan fingerprint density at radius 3 is 2.70 bits per heavy atom. The molecule has 2 heterocycles. The van der Waals surface area contributed by atoms with E-state index in [1.807, 2.05) is 11.3 Å². The van der Waals surface area contributed by atoms with Crippen molar-refractivity contribution in [1.29, 1.82) is 0 Å². The van der Waals surface area contributed by atoms with Crippen molar-refractivity contribution in [2.45, 2.75) is 63.6 Å². The topological polar surface area (TPSA) is 15.3 Å². The zero-order valence-electron chi connectivity index (χ0n) is 12.5. The van der Waals surface area contributed by atoms with Crippen LogP contribution >= 0.6 is 27.3 Å². The zero-order chi connectivity index (χ0) is 14.2. The minimum Gasteiger partial charge on any atom is -0.308 e. The fourth-order valence-corrected chi connectivity index (χ4v) is 5.07. The maximum absolute atomic E-state index is 3.90. The van der Waals surface area contributed by atoms with E-state index in [-0.39, 0.29) is 5.54 Å². The van der Waals surface area contributed by atoms with E-state index in [4.69, 9.17) is 0 Å². The summed E-state index contributed by atoms with van der Waals surface area (Å²) in [7, 11) is 0. The number of piperazine rings is 1. The van der Waals surface area contributed by atoms with Gasteiger partial charge in [-0.1, -0.05) is 19.3 Å². The maximum Gasteiger partial charge on any atom is 0.0334 e. The summed E-state index contributed by atoms with van der Waals surface area (Å²) in [4.78, 5) is 4.17. The van der Waals surface area contributed by atoms with Crippen molar-refractivity contribution in [2.24, 2.45) is 0 Å². The van der Waals surface area contributed by atoms with E-state index in [9.17, 15) is 0 Å². The van der Waals surface area contributed by atoms with Crippen molar-refractivity contribution in [3.8, 4) is 0 Å². The van der Waals surface area contributed by atoms with Crippen molar-refractivity contribution >= 4 is 27.3 Å². The molecule has 2 fully saturated rings. The summed E-state index contributed by atoms with van der Waals surface area (Å²) >= 11 is 5.45. The van der Waals surface area contributed by atoms with E-state index in [2.05, 4.69) is 51.4 Å². The average Bonchev–Trinajstić information content (AvgIpc) is 2.82. The average molecular weight is 357 g/mol. The highest BCUT2D eigenvalue weighted by Gasteiger charge is 2.43. The number of rotatable bonds is 2. The molecule has 0 bridgehead atoms. The van der Waals surface area contributed by atoms with E-state index in [0.29, 0.717) is 5.54 Å². The number of nitrogens with one attached hydrogen (secondary N) is 1. The van der Waals surface area contributed by atoms with Crippen LogP contribution in [-0.4, -0.2) is 29.1 Å². The second-order valence-corrected chi connectivity index (χ2v) is 9.01. The van der Waals surface area contributed by atoms with Crippen LogP contribution in [0.1, 0.15) is 50.8 Å². The summed E-state index contributed by atoms with van der Waals surface area (Å²) < 4.78 is 1.22. The van der Waals surface area contributed by atoms with Gasteiger partial charge in [-0.2, -0.15) is 0 Å². The third-order valence-corrected chi connectivity index (χ3v) is 6.71. The molecule has 1 saturated carbocycles. The first-order valence-corrected chi connectivity index (χ1v) is 9.39. The standard InChI is InChI=1S/C16H25BrN2S/c1-15(2)11-18-16(6-4-3-5-7-16)12-19(15)9-14-8-13(17)10-20-14/h8,10,18H,3-7,9,11-12H2,1-2H3. The summed E-state index contributed by atoms with van der Waals surface area (Å²) in [6.45, 7) is 8.15. The molecule has 1 N–H and O–H groups in total. The molecule has 0 atom stereocenters. The van der Waals surface area contributed by atoms with Crippen molar-refractivity contribution < 1.29 is 0 Å². The Bertz CT molecular complexity index is 463. The molecule has 1 aromatic heterocycles. The highest BCUT2D eigenvalue weighted by Crippen LogP contribution is 2.35. The Hall–Kier alpha value is 0.1000. The molecule has 112 valence electrons. The summed E-state index contributed by atoms with van der Waals surface area (Å²) in [6, 6.07) is 2.27. The lowest BCUT2D eigenvalue weighted by atomic mass is 9.77. The van der Waals surface area contributed by atoms with Gasteiger partial charge in [-0.05, 0) is 48.7 Å². The largest absolute Gasteiger partial charge is 0.308 e. The quantitative estimate of drug-likeness (QED) is 0.844. The second-order valence-electron chi connectivity index (χ2n) is 7.09. The monoisotopic (exact) mass is 356 g/mol. The molecule has 1 aliphatic carbocycles. The number of hydrogen-bond acceptors (Lipinski definition) is 3. The lowest BCUT2D eigenvalue weighted by Gasteiger charge is -2.53. The first kappa shape index (κ1) is 15.0. The molecule has 0 radical (unpaired) electrons. The molecule has 0 aromatic carbocycles. The Balaban J connectivity index is 1.75. The molecular weight excluding hydrogens is 332 g/mol. The highest BCUT2D eigenvalue weighted by molar-refractivity contribution is 9.10. The minimum absolute atomic E-state index is 0.249. The van der Waals surface area contributed by atoms with Gasteiger partial charge >= 0.3 is 0 Å². The lowest BCUT2D eigenvalue weighted by molar-refractivity contribution is 0.00552. The van der Waals surface area contributed by atoms with Gasteiger partial charge in [0.1, 0.15) is 0 Å². The van der Waals surface area contributed by atoms with Crippen molar-refractivity contribution in [3.63, 3.8) is 0 Å². The summed E-state index contributed by atoms with van der Waals surface area (Å²) in [5.41, 5.74) is 0.640. The molecule has 20 heavy (non-hydrogen) atoms. The molecule has 2 nitrogen and oxygen atoms in total. The molecule has 3 rings (SSSR count). The molecule has 1 aliphatic heterocycles. The Labute approximate surface area is 135 Å². The summed E-state index contributed by atoms with van der Waals surface area (Å²) in [6.07, 6.45) is 6.92. The van der Waals surface area contributed by atoms with Gasteiger partial charge in [0.2, 0.25) is 0 Å². The van der Waals surface area contributed by atoms with Crippen LogP contribution in [0.15, 0.2) is 15.9 Å². The molecule has 4 heteroatoms. The Morgan fingerprint density at radius 1 is 1.30 bits per heavy atom. The van der Waals surface area contributed by atoms with Gasteiger partial charge in [0.05, 0.1) is 0 Å². The van der Waals surface area contributed by atoms with Crippen LogP contribution in [-0.2, 0) is 6.54 Å². The molecule has 1 spiro atoms. The minimum atomic E-state index is 0.249. The zero-order valence-corrected chi connectivity index (χ0v) is 14.9. The maximum atomic E-state index is 3.90. The number of thiophene rings is 1. The van der Waals surface area contributed by atoms with Crippen LogP contribution < -0.4 is 5.32 Å². The van der Waals surface area contributed by atoms with Crippen LogP contribution in [0.5, 0.6) is 0 Å². The normalized spacial score (nSPS) is 25.9. The third kappa shape index (κ3) is 3.13. The van der Waals surface area contributed by atoms with E-state index < -0.39 is 0 Å². The van der Waals surface area contributed by atoms with Gasteiger partial charge < -0.3 is 5.32 Å². The second kappa shape index (κ2) is 5.71. The fraction of sp³-hybridized carbons (Fsp3) is 0.750. The van der Waals surface area contributed by atoms with Gasteiger partial charge in [-0.25, -0.2) is 0 Å². The SMILES string of the molecule is CC1(C)CNC2(CCCCC2)CN1Cc1cc(Br)cs1. The first-order valence-electron chi connectivity index (χ1n) is 7.72. The van der Waals surface area contributed by atoms with Crippen molar-refractivity contribution in [2.75, 3.05) is 13.1 Å². The highest BCUT2D eigenvalue weighted by atomic mass is 79.9. The van der Waals surface area contributed by atoms with Crippen molar-refractivity contribution in [1.82, 2.24) is 10.2 Å².